The van der Waals surface area contributed by atoms with E-state index in [2.05, 4.69) is 9.98 Å². The van der Waals surface area contributed by atoms with E-state index in [-0.39, 0.29) is 5.56 Å². The monoisotopic (exact) mass is 395 g/mol. The standard InChI is InChI=1S/C21H21N3O5/c1-12-7-13(2)9-14(8-12)24-20(26)16(19(25)23-21(24)27)11-22-17-10-15(28-3)5-6-18(17)29-4/h5-11,26H,1-4H3,(H,23,25,27). The second-order valence-electron chi connectivity index (χ2n) is 6.47. The van der Waals surface area contributed by atoms with E-state index in [4.69, 9.17) is 9.47 Å². The van der Waals surface area contributed by atoms with Crippen molar-refractivity contribution in [3.05, 3.63) is 73.9 Å². The molecule has 2 N–H and O–H groups in total. The lowest BCUT2D eigenvalue weighted by Gasteiger charge is -2.11. The lowest BCUT2D eigenvalue weighted by atomic mass is 10.1. The summed E-state index contributed by atoms with van der Waals surface area (Å²) in [5, 5.41) is 10.7. The van der Waals surface area contributed by atoms with Crippen LogP contribution in [0.25, 0.3) is 5.69 Å². The van der Waals surface area contributed by atoms with E-state index in [9.17, 15) is 14.7 Å². The Labute approximate surface area is 166 Å². The van der Waals surface area contributed by atoms with Crippen LogP contribution in [0.4, 0.5) is 5.69 Å². The lowest BCUT2D eigenvalue weighted by Crippen LogP contribution is -2.31. The van der Waals surface area contributed by atoms with E-state index in [1.165, 1.54) is 20.4 Å². The predicted octanol–water partition coefficient (Wildman–Crippen LogP) is 2.62. The van der Waals surface area contributed by atoms with Crippen molar-refractivity contribution in [3.8, 4) is 23.1 Å². The molecule has 2 aromatic carbocycles. The lowest BCUT2D eigenvalue weighted by molar-refractivity contribution is 0.404. The molecule has 0 aliphatic rings. The number of hydrogen-bond acceptors (Lipinski definition) is 6. The number of hydrogen-bond donors (Lipinski definition) is 2. The number of aryl methyl sites for hydroxylation is 2. The number of aromatic hydroxyl groups is 1. The van der Waals surface area contributed by atoms with Crippen molar-refractivity contribution in [3.63, 3.8) is 0 Å². The Bertz CT molecular complexity index is 1190. The molecule has 150 valence electrons. The van der Waals surface area contributed by atoms with Crippen LogP contribution in [0.5, 0.6) is 17.4 Å². The van der Waals surface area contributed by atoms with Crippen molar-refractivity contribution >= 4 is 11.9 Å². The summed E-state index contributed by atoms with van der Waals surface area (Å²) in [6.07, 6.45) is 1.18. The second kappa shape index (κ2) is 8.05. The Hall–Kier alpha value is -3.81. The van der Waals surface area contributed by atoms with Crippen molar-refractivity contribution in [2.45, 2.75) is 13.8 Å². The van der Waals surface area contributed by atoms with Crippen LogP contribution in [0.3, 0.4) is 0 Å². The Kier molecular flexibility index (Phi) is 5.54. The van der Waals surface area contributed by atoms with Gasteiger partial charge in [0.25, 0.3) is 5.56 Å². The molecule has 0 unspecified atom stereocenters. The predicted molar refractivity (Wildman–Crippen MR) is 111 cm³/mol. The molecule has 0 atom stereocenters. The maximum Gasteiger partial charge on any atom is 0.335 e. The fourth-order valence-electron chi connectivity index (χ4n) is 3.01. The molecular weight excluding hydrogens is 374 g/mol. The van der Waals surface area contributed by atoms with Gasteiger partial charge < -0.3 is 14.6 Å². The van der Waals surface area contributed by atoms with Gasteiger partial charge in [-0.25, -0.2) is 9.36 Å². The summed E-state index contributed by atoms with van der Waals surface area (Å²) >= 11 is 0. The molecule has 0 saturated heterocycles. The van der Waals surface area contributed by atoms with Gasteiger partial charge in [-0.3, -0.25) is 14.8 Å². The van der Waals surface area contributed by atoms with Gasteiger partial charge in [0.05, 0.1) is 19.9 Å². The summed E-state index contributed by atoms with van der Waals surface area (Å²) < 4.78 is 11.5. The Morgan fingerprint density at radius 1 is 1.03 bits per heavy atom. The molecule has 3 aromatic rings. The van der Waals surface area contributed by atoms with E-state index in [0.717, 1.165) is 15.7 Å². The normalized spacial score (nSPS) is 11.0. The number of nitrogens with zero attached hydrogens (tertiary/aromatic N) is 2. The zero-order valence-corrected chi connectivity index (χ0v) is 16.5. The largest absolute Gasteiger partial charge is 0.497 e. The van der Waals surface area contributed by atoms with Crippen LogP contribution in [0.2, 0.25) is 0 Å². The molecule has 0 aliphatic heterocycles. The molecule has 0 fully saturated rings. The molecule has 0 spiro atoms. The van der Waals surface area contributed by atoms with Crippen LogP contribution in [0.15, 0.2) is 51.0 Å². The third kappa shape index (κ3) is 4.06. The van der Waals surface area contributed by atoms with E-state index >= 15 is 0 Å². The number of rotatable bonds is 5. The molecule has 8 heteroatoms. The third-order valence-electron chi connectivity index (χ3n) is 4.30. The van der Waals surface area contributed by atoms with Gasteiger partial charge in [-0.2, -0.15) is 0 Å². The van der Waals surface area contributed by atoms with Crippen molar-refractivity contribution in [2.24, 2.45) is 4.99 Å². The number of methoxy groups -OCH3 is 2. The van der Waals surface area contributed by atoms with Gasteiger partial charge in [-0.15, -0.1) is 0 Å². The number of aromatic nitrogens is 2. The molecule has 0 saturated carbocycles. The van der Waals surface area contributed by atoms with E-state index < -0.39 is 17.1 Å². The number of nitrogens with one attached hydrogen (secondary N) is 1. The number of aromatic amines is 1. The van der Waals surface area contributed by atoms with Gasteiger partial charge in [-0.05, 0) is 49.2 Å². The Morgan fingerprint density at radius 3 is 2.34 bits per heavy atom. The quantitative estimate of drug-likeness (QED) is 0.646. The summed E-state index contributed by atoms with van der Waals surface area (Å²) in [6, 6.07) is 10.4. The van der Waals surface area contributed by atoms with Gasteiger partial charge in [0, 0.05) is 12.3 Å². The van der Waals surface area contributed by atoms with Crippen molar-refractivity contribution in [2.75, 3.05) is 14.2 Å². The average Bonchev–Trinajstić information content (AvgIpc) is 2.66. The zero-order chi connectivity index (χ0) is 21.1. The molecule has 8 nitrogen and oxygen atoms in total. The van der Waals surface area contributed by atoms with Crippen LogP contribution >= 0.6 is 0 Å². The molecular formula is C21H21N3O5. The maximum absolute atomic E-state index is 12.4. The van der Waals surface area contributed by atoms with Crippen molar-refractivity contribution in [1.82, 2.24) is 9.55 Å². The third-order valence-corrected chi connectivity index (χ3v) is 4.30. The van der Waals surface area contributed by atoms with Crippen LogP contribution < -0.4 is 20.7 Å². The summed E-state index contributed by atoms with van der Waals surface area (Å²) in [7, 11) is 3.01. The zero-order valence-electron chi connectivity index (χ0n) is 16.5. The number of aliphatic imine (C=N–C) groups is 1. The highest BCUT2D eigenvalue weighted by Gasteiger charge is 2.15. The highest BCUT2D eigenvalue weighted by atomic mass is 16.5. The van der Waals surface area contributed by atoms with Crippen LogP contribution in [-0.4, -0.2) is 35.1 Å². The number of benzene rings is 2. The number of H-pyrrole nitrogens is 1. The van der Waals surface area contributed by atoms with Crippen LogP contribution in [0.1, 0.15) is 16.7 Å². The first-order valence-corrected chi connectivity index (χ1v) is 8.77. The molecule has 29 heavy (non-hydrogen) atoms. The summed E-state index contributed by atoms with van der Waals surface area (Å²) in [6.45, 7) is 3.75. The molecule has 0 radical (unpaired) electrons. The van der Waals surface area contributed by atoms with E-state index in [1.54, 1.807) is 30.3 Å². The van der Waals surface area contributed by atoms with Gasteiger partial charge in [0.15, 0.2) is 0 Å². The summed E-state index contributed by atoms with van der Waals surface area (Å²) in [4.78, 5) is 31.1. The molecule has 1 heterocycles. The molecule has 0 amide bonds. The first-order chi connectivity index (χ1) is 13.8. The molecule has 0 bridgehead atoms. The highest BCUT2D eigenvalue weighted by Crippen LogP contribution is 2.31. The molecule has 3 rings (SSSR count). The Morgan fingerprint density at radius 2 is 1.72 bits per heavy atom. The molecule has 0 aliphatic carbocycles. The van der Waals surface area contributed by atoms with Crippen LogP contribution in [-0.2, 0) is 0 Å². The topological polar surface area (TPSA) is 106 Å². The fourth-order valence-corrected chi connectivity index (χ4v) is 3.01. The van der Waals surface area contributed by atoms with Gasteiger partial charge in [0.2, 0.25) is 5.88 Å². The smallest absolute Gasteiger partial charge is 0.335 e. The van der Waals surface area contributed by atoms with Gasteiger partial charge in [0.1, 0.15) is 22.7 Å². The van der Waals surface area contributed by atoms with E-state index in [0.29, 0.717) is 22.9 Å². The first kappa shape index (κ1) is 19.9. The minimum absolute atomic E-state index is 0.159. The first-order valence-electron chi connectivity index (χ1n) is 8.77. The highest BCUT2D eigenvalue weighted by molar-refractivity contribution is 5.85. The maximum atomic E-state index is 12.4. The fraction of sp³-hybridized carbons (Fsp3) is 0.190. The second-order valence-corrected chi connectivity index (χ2v) is 6.47. The minimum Gasteiger partial charge on any atom is -0.497 e. The van der Waals surface area contributed by atoms with Gasteiger partial charge >= 0.3 is 5.69 Å². The van der Waals surface area contributed by atoms with Crippen LogP contribution in [0, 0.1) is 13.8 Å². The summed E-state index contributed by atoms with van der Waals surface area (Å²) in [5.74, 6) is 0.506. The van der Waals surface area contributed by atoms with Crippen molar-refractivity contribution < 1.29 is 14.6 Å². The SMILES string of the molecule is COc1ccc(OC)c(N=Cc2c(O)n(-c3cc(C)cc(C)c3)c(=O)[nH]c2=O)c1. The minimum atomic E-state index is -0.751. The molecule has 1 aromatic heterocycles. The average molecular weight is 395 g/mol. The number of ether oxygens (including phenoxy) is 2. The van der Waals surface area contributed by atoms with Gasteiger partial charge in [-0.1, -0.05) is 6.07 Å². The Balaban J connectivity index is 2.16. The van der Waals surface area contributed by atoms with E-state index in [1.807, 2.05) is 19.9 Å². The summed E-state index contributed by atoms with van der Waals surface area (Å²) in [5.41, 5.74) is 1.01. The van der Waals surface area contributed by atoms with Crippen molar-refractivity contribution in [1.29, 1.82) is 0 Å².